The minimum absolute atomic E-state index is 0.110. The van der Waals surface area contributed by atoms with Crippen LogP contribution in [0.4, 0.5) is 11.8 Å². The van der Waals surface area contributed by atoms with Gasteiger partial charge >= 0.3 is 0 Å². The van der Waals surface area contributed by atoms with Gasteiger partial charge in [-0.25, -0.2) is 4.98 Å². The standard InChI is InChI=1S/C10H17ClN4O/c1-6(2)10(3,16)5-13-8-4-7(11)14-9(12)15-8/h4,6,16H,5H2,1-3H3,(H3,12,13,14,15)/t10-/m0/s1. The molecule has 1 aromatic heterocycles. The molecular weight excluding hydrogens is 228 g/mol. The Balaban J connectivity index is 2.68. The summed E-state index contributed by atoms with van der Waals surface area (Å²) < 4.78 is 0. The molecule has 1 heterocycles. The average molecular weight is 245 g/mol. The number of rotatable bonds is 4. The van der Waals surface area contributed by atoms with Crippen LogP contribution in [-0.4, -0.2) is 27.2 Å². The van der Waals surface area contributed by atoms with Gasteiger partial charge in [0, 0.05) is 12.6 Å². The Bertz CT molecular complexity index is 348. The van der Waals surface area contributed by atoms with Crippen LogP contribution in [0.15, 0.2) is 6.07 Å². The molecule has 0 amide bonds. The molecule has 1 atom stereocenters. The second-order valence-electron chi connectivity index (χ2n) is 4.30. The first-order valence-corrected chi connectivity index (χ1v) is 5.45. The van der Waals surface area contributed by atoms with Gasteiger partial charge in [-0.15, -0.1) is 0 Å². The van der Waals surface area contributed by atoms with Crippen molar-refractivity contribution in [3.05, 3.63) is 11.2 Å². The zero-order chi connectivity index (χ0) is 12.3. The van der Waals surface area contributed by atoms with E-state index in [1.165, 1.54) is 0 Å². The molecular formula is C10H17ClN4O. The Labute approximate surface area is 100 Å². The summed E-state index contributed by atoms with van der Waals surface area (Å²) in [7, 11) is 0. The number of anilines is 2. The van der Waals surface area contributed by atoms with Gasteiger partial charge in [-0.3, -0.25) is 0 Å². The normalized spacial score (nSPS) is 14.9. The third-order valence-electron chi connectivity index (χ3n) is 2.58. The van der Waals surface area contributed by atoms with E-state index in [0.717, 1.165) is 0 Å². The van der Waals surface area contributed by atoms with Gasteiger partial charge in [-0.2, -0.15) is 4.98 Å². The molecule has 1 aromatic rings. The van der Waals surface area contributed by atoms with E-state index < -0.39 is 5.60 Å². The summed E-state index contributed by atoms with van der Waals surface area (Å²) in [5.74, 6) is 0.757. The van der Waals surface area contributed by atoms with Gasteiger partial charge in [-0.1, -0.05) is 25.4 Å². The number of hydrogen-bond acceptors (Lipinski definition) is 5. The first kappa shape index (κ1) is 13.0. The second-order valence-corrected chi connectivity index (χ2v) is 4.69. The van der Waals surface area contributed by atoms with Gasteiger partial charge in [0.2, 0.25) is 5.95 Å². The minimum atomic E-state index is -0.813. The third-order valence-corrected chi connectivity index (χ3v) is 2.78. The maximum absolute atomic E-state index is 10.0. The Morgan fingerprint density at radius 2 is 2.19 bits per heavy atom. The highest BCUT2D eigenvalue weighted by Crippen LogP contribution is 2.18. The number of nitrogens with one attached hydrogen (secondary N) is 1. The number of nitrogens with two attached hydrogens (primary N) is 1. The summed E-state index contributed by atoms with van der Waals surface area (Å²) in [4.78, 5) is 7.70. The molecule has 1 rings (SSSR count). The molecule has 0 saturated heterocycles. The lowest BCUT2D eigenvalue weighted by Gasteiger charge is -2.28. The molecule has 6 heteroatoms. The highest BCUT2D eigenvalue weighted by atomic mass is 35.5. The van der Waals surface area contributed by atoms with Crippen molar-refractivity contribution in [2.75, 3.05) is 17.6 Å². The molecule has 4 N–H and O–H groups in total. The van der Waals surface area contributed by atoms with E-state index in [1.54, 1.807) is 13.0 Å². The van der Waals surface area contributed by atoms with Crippen LogP contribution in [-0.2, 0) is 0 Å². The molecule has 0 spiro atoms. The fraction of sp³-hybridized carbons (Fsp3) is 0.600. The van der Waals surface area contributed by atoms with Gasteiger partial charge in [0.05, 0.1) is 5.60 Å². The largest absolute Gasteiger partial charge is 0.388 e. The first-order chi connectivity index (χ1) is 7.31. The van der Waals surface area contributed by atoms with Gasteiger partial charge < -0.3 is 16.2 Å². The summed E-state index contributed by atoms with van der Waals surface area (Å²) >= 11 is 5.73. The average Bonchev–Trinajstić information content (AvgIpc) is 2.13. The van der Waals surface area contributed by atoms with Crippen molar-refractivity contribution in [1.82, 2.24) is 9.97 Å². The maximum Gasteiger partial charge on any atom is 0.223 e. The molecule has 0 fully saturated rings. The molecule has 0 aliphatic rings. The Hall–Kier alpha value is -1.07. The van der Waals surface area contributed by atoms with E-state index in [9.17, 15) is 5.11 Å². The van der Waals surface area contributed by atoms with Crippen LogP contribution in [0.2, 0.25) is 5.15 Å². The highest BCUT2D eigenvalue weighted by Gasteiger charge is 2.24. The number of aromatic nitrogens is 2. The fourth-order valence-corrected chi connectivity index (χ4v) is 1.19. The fourth-order valence-electron chi connectivity index (χ4n) is 0.999. The lowest BCUT2D eigenvalue weighted by molar-refractivity contribution is 0.0265. The van der Waals surface area contributed by atoms with Crippen molar-refractivity contribution >= 4 is 23.4 Å². The van der Waals surface area contributed by atoms with Gasteiger partial charge in [-0.05, 0) is 12.8 Å². The molecule has 90 valence electrons. The summed E-state index contributed by atoms with van der Waals surface area (Å²) in [6, 6.07) is 1.56. The highest BCUT2D eigenvalue weighted by molar-refractivity contribution is 6.29. The smallest absolute Gasteiger partial charge is 0.223 e. The number of nitrogen functional groups attached to an aromatic ring is 1. The minimum Gasteiger partial charge on any atom is -0.388 e. The van der Waals surface area contributed by atoms with Crippen molar-refractivity contribution in [2.45, 2.75) is 26.4 Å². The maximum atomic E-state index is 10.0. The molecule has 5 nitrogen and oxygen atoms in total. The number of halogens is 1. The molecule has 0 aliphatic carbocycles. The molecule has 0 aromatic carbocycles. The molecule has 0 radical (unpaired) electrons. The zero-order valence-electron chi connectivity index (χ0n) is 9.66. The van der Waals surface area contributed by atoms with Crippen LogP contribution in [0, 0.1) is 5.92 Å². The Kier molecular flexibility index (Phi) is 3.93. The quantitative estimate of drug-likeness (QED) is 0.700. The first-order valence-electron chi connectivity index (χ1n) is 5.07. The zero-order valence-corrected chi connectivity index (χ0v) is 10.4. The number of aliphatic hydroxyl groups is 1. The summed E-state index contributed by atoms with van der Waals surface area (Å²) in [5, 5.41) is 13.3. The van der Waals surface area contributed by atoms with Crippen LogP contribution < -0.4 is 11.1 Å². The van der Waals surface area contributed by atoms with Crippen molar-refractivity contribution in [1.29, 1.82) is 0 Å². The molecule has 16 heavy (non-hydrogen) atoms. The number of nitrogens with zero attached hydrogens (tertiary/aromatic N) is 2. The van der Waals surface area contributed by atoms with Crippen molar-refractivity contribution in [2.24, 2.45) is 5.92 Å². The summed E-state index contributed by atoms with van der Waals surface area (Å²) in [5.41, 5.74) is 4.64. The van der Waals surface area contributed by atoms with Gasteiger partial charge in [0.1, 0.15) is 11.0 Å². The van der Waals surface area contributed by atoms with E-state index in [1.807, 2.05) is 13.8 Å². The Morgan fingerprint density at radius 3 is 2.69 bits per heavy atom. The molecule has 0 saturated carbocycles. The van der Waals surface area contributed by atoms with E-state index in [-0.39, 0.29) is 17.0 Å². The monoisotopic (exact) mass is 244 g/mol. The third kappa shape index (κ3) is 3.50. The van der Waals surface area contributed by atoms with Gasteiger partial charge in [0.25, 0.3) is 0 Å². The number of hydrogen-bond donors (Lipinski definition) is 3. The molecule has 0 bridgehead atoms. The van der Waals surface area contributed by atoms with Crippen LogP contribution >= 0.6 is 11.6 Å². The van der Waals surface area contributed by atoms with E-state index in [2.05, 4.69) is 15.3 Å². The molecule has 0 unspecified atom stereocenters. The van der Waals surface area contributed by atoms with E-state index in [4.69, 9.17) is 17.3 Å². The summed E-state index contributed by atoms with van der Waals surface area (Å²) in [6.07, 6.45) is 0. The topological polar surface area (TPSA) is 84.1 Å². The SMILES string of the molecule is CC(C)[C@@](C)(O)CNc1cc(Cl)nc(N)n1. The van der Waals surface area contributed by atoms with Crippen LogP contribution in [0.5, 0.6) is 0 Å². The van der Waals surface area contributed by atoms with Crippen LogP contribution in [0.3, 0.4) is 0 Å². The summed E-state index contributed by atoms with van der Waals surface area (Å²) in [6.45, 7) is 6.03. The van der Waals surface area contributed by atoms with Crippen LogP contribution in [0.1, 0.15) is 20.8 Å². The lowest BCUT2D eigenvalue weighted by atomic mass is 9.93. The predicted molar refractivity (Wildman–Crippen MR) is 65.4 cm³/mol. The van der Waals surface area contributed by atoms with Crippen LogP contribution in [0.25, 0.3) is 0 Å². The van der Waals surface area contributed by atoms with Crippen molar-refractivity contribution in [3.63, 3.8) is 0 Å². The van der Waals surface area contributed by atoms with Crippen molar-refractivity contribution in [3.8, 4) is 0 Å². The molecule has 0 aliphatic heterocycles. The van der Waals surface area contributed by atoms with E-state index >= 15 is 0 Å². The lowest BCUT2D eigenvalue weighted by Crippen LogP contribution is -2.38. The van der Waals surface area contributed by atoms with Crippen molar-refractivity contribution < 1.29 is 5.11 Å². The predicted octanol–water partition coefficient (Wildman–Crippen LogP) is 1.53. The van der Waals surface area contributed by atoms with Gasteiger partial charge in [0.15, 0.2) is 0 Å². The second kappa shape index (κ2) is 4.84. The van der Waals surface area contributed by atoms with E-state index in [0.29, 0.717) is 12.4 Å². The Morgan fingerprint density at radius 1 is 1.56 bits per heavy atom.